The maximum Gasteiger partial charge on any atom is 0.148 e. The zero-order chi connectivity index (χ0) is 12.5. The van der Waals surface area contributed by atoms with E-state index in [1.54, 1.807) is 11.3 Å². The lowest BCUT2D eigenvalue weighted by molar-refractivity contribution is 1.14. The quantitative estimate of drug-likeness (QED) is 0.738. The second-order valence-electron chi connectivity index (χ2n) is 4.42. The number of fused-ring (bicyclic) bond motifs is 1. The maximum atomic E-state index is 4.69. The van der Waals surface area contributed by atoms with Gasteiger partial charge in [0.05, 0.1) is 15.9 Å². The van der Waals surface area contributed by atoms with E-state index in [0.717, 1.165) is 29.7 Å². The van der Waals surface area contributed by atoms with Crippen molar-refractivity contribution in [1.82, 2.24) is 9.97 Å². The summed E-state index contributed by atoms with van der Waals surface area (Å²) in [7, 11) is 0. The Kier molecular flexibility index (Phi) is 2.92. The molecule has 92 valence electrons. The van der Waals surface area contributed by atoms with Gasteiger partial charge in [0, 0.05) is 0 Å². The van der Waals surface area contributed by atoms with Gasteiger partial charge in [-0.15, -0.1) is 11.3 Å². The maximum absolute atomic E-state index is 4.69. The van der Waals surface area contributed by atoms with Crippen molar-refractivity contribution in [2.75, 3.05) is 0 Å². The smallest absolute Gasteiger partial charge is 0.148 e. The van der Waals surface area contributed by atoms with Crippen LogP contribution in [0.5, 0.6) is 0 Å². The molecule has 0 fully saturated rings. The number of aryl methyl sites for hydroxylation is 2. The van der Waals surface area contributed by atoms with Gasteiger partial charge in [-0.3, -0.25) is 0 Å². The van der Waals surface area contributed by atoms with Crippen LogP contribution in [0.1, 0.15) is 25.0 Å². The fourth-order valence-corrected chi connectivity index (χ4v) is 3.15. The summed E-state index contributed by atoms with van der Waals surface area (Å²) >= 11 is 1.76. The average Bonchev–Trinajstić information content (AvgIpc) is 3.03. The number of rotatable bonds is 3. The van der Waals surface area contributed by atoms with Gasteiger partial charge in [0.2, 0.25) is 0 Å². The molecule has 2 aromatic heterocycles. The highest BCUT2D eigenvalue weighted by molar-refractivity contribution is 7.13. The van der Waals surface area contributed by atoms with E-state index >= 15 is 0 Å². The van der Waals surface area contributed by atoms with Gasteiger partial charge in [0.1, 0.15) is 5.82 Å². The predicted molar refractivity (Wildman–Crippen MR) is 78.2 cm³/mol. The lowest BCUT2D eigenvalue weighted by Crippen LogP contribution is -1.82. The van der Waals surface area contributed by atoms with Crippen molar-refractivity contribution in [3.05, 3.63) is 40.8 Å². The number of nitrogens with one attached hydrogen (secondary N) is 1. The summed E-state index contributed by atoms with van der Waals surface area (Å²) in [4.78, 5) is 9.41. The van der Waals surface area contributed by atoms with Gasteiger partial charge in [0.15, 0.2) is 0 Å². The Hall–Kier alpha value is -1.61. The van der Waals surface area contributed by atoms with Gasteiger partial charge in [-0.2, -0.15) is 0 Å². The van der Waals surface area contributed by atoms with E-state index in [-0.39, 0.29) is 0 Å². The Balaban J connectivity index is 2.13. The van der Waals surface area contributed by atoms with Gasteiger partial charge >= 0.3 is 0 Å². The lowest BCUT2D eigenvalue weighted by Gasteiger charge is -1.95. The van der Waals surface area contributed by atoms with E-state index in [9.17, 15) is 0 Å². The molecule has 0 saturated carbocycles. The van der Waals surface area contributed by atoms with Gasteiger partial charge in [-0.25, -0.2) is 4.98 Å². The highest BCUT2D eigenvalue weighted by atomic mass is 32.1. The summed E-state index contributed by atoms with van der Waals surface area (Å²) in [5.41, 5.74) is 4.91. The van der Waals surface area contributed by atoms with Crippen LogP contribution >= 0.6 is 11.3 Å². The SMILES string of the molecule is CCc1ccc2nc(-c3sccc3CC)[nH]c2c1. The zero-order valence-electron chi connectivity index (χ0n) is 10.7. The normalized spacial score (nSPS) is 11.2. The first-order valence-corrected chi connectivity index (χ1v) is 7.25. The van der Waals surface area contributed by atoms with Crippen molar-refractivity contribution in [3.8, 4) is 10.7 Å². The number of imidazole rings is 1. The fourth-order valence-electron chi connectivity index (χ4n) is 2.21. The Labute approximate surface area is 111 Å². The van der Waals surface area contributed by atoms with Crippen LogP contribution < -0.4 is 0 Å². The van der Waals surface area contributed by atoms with Gasteiger partial charge in [-0.1, -0.05) is 19.9 Å². The van der Waals surface area contributed by atoms with Gasteiger partial charge < -0.3 is 4.98 Å². The van der Waals surface area contributed by atoms with Crippen LogP contribution in [-0.4, -0.2) is 9.97 Å². The number of hydrogen-bond donors (Lipinski definition) is 1. The van der Waals surface area contributed by atoms with Crippen LogP contribution in [0, 0.1) is 0 Å². The van der Waals surface area contributed by atoms with Crippen LogP contribution in [0.2, 0.25) is 0 Å². The average molecular weight is 256 g/mol. The molecule has 0 aliphatic carbocycles. The number of nitrogens with zero attached hydrogens (tertiary/aromatic N) is 1. The first-order chi connectivity index (χ1) is 8.81. The van der Waals surface area contributed by atoms with Crippen molar-refractivity contribution in [2.24, 2.45) is 0 Å². The van der Waals surface area contributed by atoms with E-state index in [1.807, 2.05) is 0 Å². The van der Waals surface area contributed by atoms with E-state index < -0.39 is 0 Å². The summed E-state index contributed by atoms with van der Waals surface area (Å²) in [5, 5.41) is 2.14. The molecular weight excluding hydrogens is 240 g/mol. The summed E-state index contributed by atoms with van der Waals surface area (Å²) in [6, 6.07) is 8.64. The standard InChI is InChI=1S/C15H16N2S/c1-3-10-5-6-12-13(9-10)17-15(16-12)14-11(4-2)7-8-18-14/h5-9H,3-4H2,1-2H3,(H,16,17). The Morgan fingerprint density at radius 2 is 2.06 bits per heavy atom. The monoisotopic (exact) mass is 256 g/mol. The summed E-state index contributed by atoms with van der Waals surface area (Å²) in [6.07, 6.45) is 2.11. The van der Waals surface area contributed by atoms with Crippen molar-refractivity contribution in [1.29, 1.82) is 0 Å². The molecule has 3 rings (SSSR count). The molecule has 0 aliphatic rings. The molecule has 18 heavy (non-hydrogen) atoms. The number of thiophene rings is 1. The van der Waals surface area contributed by atoms with Crippen molar-refractivity contribution in [3.63, 3.8) is 0 Å². The molecule has 0 aliphatic heterocycles. The molecule has 0 spiro atoms. The molecule has 2 heterocycles. The first kappa shape index (κ1) is 11.5. The second-order valence-corrected chi connectivity index (χ2v) is 5.34. The zero-order valence-corrected chi connectivity index (χ0v) is 11.5. The highest BCUT2D eigenvalue weighted by Crippen LogP contribution is 2.29. The van der Waals surface area contributed by atoms with Crippen LogP contribution in [-0.2, 0) is 12.8 Å². The predicted octanol–water partition coefficient (Wildman–Crippen LogP) is 4.42. The number of aromatic nitrogens is 2. The molecule has 1 aromatic carbocycles. The third-order valence-corrected chi connectivity index (χ3v) is 4.26. The van der Waals surface area contributed by atoms with Crippen LogP contribution in [0.4, 0.5) is 0 Å². The molecule has 2 nitrogen and oxygen atoms in total. The molecular formula is C15H16N2S. The summed E-state index contributed by atoms with van der Waals surface area (Å²) in [6.45, 7) is 4.36. The second kappa shape index (κ2) is 4.58. The molecule has 0 atom stereocenters. The minimum Gasteiger partial charge on any atom is -0.337 e. The molecule has 0 amide bonds. The Morgan fingerprint density at radius 3 is 2.83 bits per heavy atom. The van der Waals surface area contributed by atoms with E-state index in [2.05, 4.69) is 48.5 Å². The number of H-pyrrole nitrogens is 1. The molecule has 0 bridgehead atoms. The molecule has 1 N–H and O–H groups in total. The van der Waals surface area contributed by atoms with E-state index in [4.69, 9.17) is 4.98 Å². The van der Waals surface area contributed by atoms with Crippen LogP contribution in [0.15, 0.2) is 29.6 Å². The number of hydrogen-bond acceptors (Lipinski definition) is 2. The molecule has 0 unspecified atom stereocenters. The number of benzene rings is 1. The third-order valence-electron chi connectivity index (χ3n) is 3.30. The summed E-state index contributed by atoms with van der Waals surface area (Å²) < 4.78 is 0. The molecule has 0 radical (unpaired) electrons. The Morgan fingerprint density at radius 1 is 1.17 bits per heavy atom. The van der Waals surface area contributed by atoms with E-state index in [0.29, 0.717) is 0 Å². The molecule has 3 aromatic rings. The van der Waals surface area contributed by atoms with Crippen molar-refractivity contribution in [2.45, 2.75) is 26.7 Å². The molecule has 3 heteroatoms. The minimum atomic E-state index is 1.00. The van der Waals surface area contributed by atoms with Crippen LogP contribution in [0.3, 0.4) is 0 Å². The van der Waals surface area contributed by atoms with Gasteiger partial charge in [0.25, 0.3) is 0 Å². The minimum absolute atomic E-state index is 1.00. The Bertz CT molecular complexity index is 679. The highest BCUT2D eigenvalue weighted by Gasteiger charge is 2.10. The van der Waals surface area contributed by atoms with Gasteiger partial charge in [-0.05, 0) is 47.5 Å². The van der Waals surface area contributed by atoms with Crippen molar-refractivity contribution >= 4 is 22.4 Å². The van der Waals surface area contributed by atoms with Crippen LogP contribution in [0.25, 0.3) is 21.7 Å². The third kappa shape index (κ3) is 1.85. The number of aromatic amines is 1. The van der Waals surface area contributed by atoms with Crippen molar-refractivity contribution < 1.29 is 0 Å². The largest absolute Gasteiger partial charge is 0.337 e. The topological polar surface area (TPSA) is 28.7 Å². The summed E-state index contributed by atoms with van der Waals surface area (Å²) in [5.74, 6) is 1.00. The first-order valence-electron chi connectivity index (χ1n) is 6.37. The van der Waals surface area contributed by atoms with E-state index in [1.165, 1.54) is 16.0 Å². The lowest BCUT2D eigenvalue weighted by atomic mass is 10.1. The fraction of sp³-hybridized carbons (Fsp3) is 0.267. The molecule has 0 saturated heterocycles.